The largest absolute Gasteiger partial charge is 0.357 e. The number of hydrogen-bond donors (Lipinski definition) is 2. The maximum Gasteiger partial charge on any atom is 0.247 e. The van der Waals surface area contributed by atoms with Crippen LogP contribution in [0.2, 0.25) is 0 Å². The molecular formula is C12H20N4O. The summed E-state index contributed by atoms with van der Waals surface area (Å²) in [5.41, 5.74) is 1.78. The minimum Gasteiger partial charge on any atom is -0.357 e. The van der Waals surface area contributed by atoms with Crippen LogP contribution in [0.1, 0.15) is 32.9 Å². The molecule has 2 rings (SSSR count). The standard InChI is InChI=1S/C12H20N4O/c1-5-7(3)9-12(17)14-10-8(6-2)15-16(4)11(10)13-9/h7,9,13H,5-6H2,1-4H3,(H,14,17). The van der Waals surface area contributed by atoms with E-state index in [-0.39, 0.29) is 11.9 Å². The zero-order chi connectivity index (χ0) is 12.6. The number of hydrogen-bond acceptors (Lipinski definition) is 3. The predicted molar refractivity (Wildman–Crippen MR) is 68.1 cm³/mol. The van der Waals surface area contributed by atoms with Crippen molar-refractivity contribution in [2.45, 2.75) is 39.7 Å². The summed E-state index contributed by atoms with van der Waals surface area (Å²) in [6.07, 6.45) is 1.79. The Morgan fingerprint density at radius 3 is 2.76 bits per heavy atom. The molecule has 1 aliphatic rings. The van der Waals surface area contributed by atoms with Crippen molar-refractivity contribution in [2.75, 3.05) is 10.6 Å². The Morgan fingerprint density at radius 2 is 2.18 bits per heavy atom. The van der Waals surface area contributed by atoms with E-state index in [2.05, 4.69) is 29.6 Å². The Kier molecular flexibility index (Phi) is 3.09. The van der Waals surface area contributed by atoms with E-state index < -0.39 is 0 Å². The van der Waals surface area contributed by atoms with E-state index in [0.717, 1.165) is 30.0 Å². The summed E-state index contributed by atoms with van der Waals surface area (Å²) in [7, 11) is 1.90. The molecule has 0 saturated heterocycles. The van der Waals surface area contributed by atoms with Crippen molar-refractivity contribution < 1.29 is 4.79 Å². The maximum absolute atomic E-state index is 12.0. The van der Waals surface area contributed by atoms with Gasteiger partial charge in [0, 0.05) is 7.05 Å². The van der Waals surface area contributed by atoms with E-state index in [1.54, 1.807) is 0 Å². The Morgan fingerprint density at radius 1 is 1.47 bits per heavy atom. The Hall–Kier alpha value is -1.52. The summed E-state index contributed by atoms with van der Waals surface area (Å²) in [6.45, 7) is 6.21. The lowest BCUT2D eigenvalue weighted by Crippen LogP contribution is -2.43. The summed E-state index contributed by atoms with van der Waals surface area (Å²) in [5.74, 6) is 1.28. The number of nitrogens with zero attached hydrogens (tertiary/aromatic N) is 2. The fraction of sp³-hybridized carbons (Fsp3) is 0.667. The second-order valence-corrected chi connectivity index (χ2v) is 4.64. The molecule has 94 valence electrons. The Labute approximate surface area is 102 Å². The smallest absolute Gasteiger partial charge is 0.247 e. The van der Waals surface area contributed by atoms with Gasteiger partial charge in [0.15, 0.2) is 0 Å². The summed E-state index contributed by atoms with van der Waals surface area (Å²) in [5, 5.41) is 10.7. The monoisotopic (exact) mass is 236 g/mol. The molecule has 5 nitrogen and oxygen atoms in total. The van der Waals surface area contributed by atoms with Gasteiger partial charge in [-0.15, -0.1) is 0 Å². The fourth-order valence-electron chi connectivity index (χ4n) is 2.17. The van der Waals surface area contributed by atoms with Gasteiger partial charge in [-0.25, -0.2) is 0 Å². The first kappa shape index (κ1) is 12.0. The second kappa shape index (κ2) is 4.39. The van der Waals surface area contributed by atoms with Crippen LogP contribution in [0.25, 0.3) is 0 Å². The molecule has 2 unspecified atom stereocenters. The lowest BCUT2D eigenvalue weighted by molar-refractivity contribution is -0.118. The highest BCUT2D eigenvalue weighted by Gasteiger charge is 2.32. The van der Waals surface area contributed by atoms with Crippen LogP contribution < -0.4 is 10.6 Å². The minimum atomic E-state index is -0.160. The van der Waals surface area contributed by atoms with Gasteiger partial charge in [0.25, 0.3) is 0 Å². The Bertz CT molecular complexity index is 438. The molecule has 0 bridgehead atoms. The van der Waals surface area contributed by atoms with E-state index in [9.17, 15) is 4.79 Å². The van der Waals surface area contributed by atoms with Crippen molar-refractivity contribution in [1.29, 1.82) is 0 Å². The molecule has 5 heteroatoms. The van der Waals surface area contributed by atoms with Crippen LogP contribution >= 0.6 is 0 Å². The van der Waals surface area contributed by atoms with Crippen LogP contribution in [0.3, 0.4) is 0 Å². The number of carbonyl (C=O) groups is 1. The molecule has 0 saturated carbocycles. The van der Waals surface area contributed by atoms with Crippen molar-refractivity contribution in [2.24, 2.45) is 13.0 Å². The minimum absolute atomic E-state index is 0.0505. The van der Waals surface area contributed by atoms with Gasteiger partial charge in [0.2, 0.25) is 5.91 Å². The van der Waals surface area contributed by atoms with Gasteiger partial charge in [-0.05, 0) is 12.3 Å². The topological polar surface area (TPSA) is 59.0 Å². The van der Waals surface area contributed by atoms with Crippen LogP contribution in [-0.4, -0.2) is 21.7 Å². The van der Waals surface area contributed by atoms with E-state index in [1.165, 1.54) is 0 Å². The van der Waals surface area contributed by atoms with Gasteiger partial charge >= 0.3 is 0 Å². The molecule has 1 aromatic heterocycles. The number of nitrogens with one attached hydrogen (secondary N) is 2. The van der Waals surface area contributed by atoms with Crippen LogP contribution in [-0.2, 0) is 18.3 Å². The number of anilines is 2. The average molecular weight is 236 g/mol. The predicted octanol–water partition coefficient (Wildman–Crippen LogP) is 1.76. The molecular weight excluding hydrogens is 216 g/mol. The molecule has 2 N–H and O–H groups in total. The van der Waals surface area contributed by atoms with Crippen molar-refractivity contribution in [1.82, 2.24) is 9.78 Å². The van der Waals surface area contributed by atoms with E-state index in [4.69, 9.17) is 0 Å². The second-order valence-electron chi connectivity index (χ2n) is 4.64. The van der Waals surface area contributed by atoms with Crippen molar-refractivity contribution >= 4 is 17.4 Å². The van der Waals surface area contributed by atoms with Crippen molar-refractivity contribution in [3.63, 3.8) is 0 Å². The molecule has 1 aromatic rings. The zero-order valence-electron chi connectivity index (χ0n) is 10.9. The molecule has 2 heterocycles. The number of rotatable bonds is 3. The normalized spacial score (nSPS) is 20.5. The summed E-state index contributed by atoms with van der Waals surface area (Å²) in [6, 6.07) is -0.160. The molecule has 0 radical (unpaired) electrons. The van der Waals surface area contributed by atoms with Gasteiger partial charge in [0.1, 0.15) is 17.5 Å². The van der Waals surface area contributed by atoms with Crippen LogP contribution in [0, 0.1) is 5.92 Å². The van der Waals surface area contributed by atoms with Crippen LogP contribution in [0.5, 0.6) is 0 Å². The van der Waals surface area contributed by atoms with Crippen molar-refractivity contribution in [3.8, 4) is 0 Å². The van der Waals surface area contributed by atoms with Gasteiger partial charge in [-0.3, -0.25) is 9.48 Å². The highest BCUT2D eigenvalue weighted by Crippen LogP contribution is 2.32. The van der Waals surface area contributed by atoms with Crippen LogP contribution in [0.4, 0.5) is 11.5 Å². The van der Waals surface area contributed by atoms with Crippen molar-refractivity contribution in [3.05, 3.63) is 5.69 Å². The van der Waals surface area contributed by atoms with Gasteiger partial charge in [0.05, 0.1) is 5.69 Å². The highest BCUT2D eigenvalue weighted by molar-refractivity contribution is 6.03. The average Bonchev–Trinajstić information content (AvgIpc) is 2.63. The first-order chi connectivity index (χ1) is 8.08. The molecule has 0 spiro atoms. The lowest BCUT2D eigenvalue weighted by Gasteiger charge is -2.29. The molecule has 1 aliphatic heterocycles. The molecule has 17 heavy (non-hydrogen) atoms. The molecule has 0 aliphatic carbocycles. The Balaban J connectivity index is 2.35. The van der Waals surface area contributed by atoms with E-state index >= 15 is 0 Å². The number of aryl methyl sites for hydroxylation is 2. The zero-order valence-corrected chi connectivity index (χ0v) is 10.9. The summed E-state index contributed by atoms with van der Waals surface area (Å²) >= 11 is 0. The number of carbonyl (C=O) groups excluding carboxylic acids is 1. The number of fused-ring (bicyclic) bond motifs is 1. The van der Waals surface area contributed by atoms with E-state index in [0.29, 0.717) is 5.92 Å². The number of amides is 1. The van der Waals surface area contributed by atoms with Gasteiger partial charge in [-0.2, -0.15) is 5.10 Å². The first-order valence-corrected chi connectivity index (χ1v) is 6.21. The van der Waals surface area contributed by atoms with Crippen LogP contribution in [0.15, 0.2) is 0 Å². The SMILES string of the molecule is CCc1nn(C)c2c1NC(=O)C(C(C)CC)N2. The van der Waals surface area contributed by atoms with E-state index in [1.807, 2.05) is 18.7 Å². The lowest BCUT2D eigenvalue weighted by atomic mass is 9.97. The maximum atomic E-state index is 12.0. The molecule has 0 fully saturated rings. The molecule has 2 atom stereocenters. The first-order valence-electron chi connectivity index (χ1n) is 6.21. The van der Waals surface area contributed by atoms with Gasteiger partial charge in [-0.1, -0.05) is 27.2 Å². The molecule has 1 amide bonds. The quantitative estimate of drug-likeness (QED) is 0.840. The molecule has 0 aromatic carbocycles. The number of aromatic nitrogens is 2. The summed E-state index contributed by atoms with van der Waals surface area (Å²) < 4.78 is 1.81. The summed E-state index contributed by atoms with van der Waals surface area (Å²) in [4.78, 5) is 12.0. The third-order valence-corrected chi connectivity index (χ3v) is 3.49. The van der Waals surface area contributed by atoms with Gasteiger partial charge < -0.3 is 10.6 Å². The fourth-order valence-corrected chi connectivity index (χ4v) is 2.17. The third kappa shape index (κ3) is 1.90. The highest BCUT2D eigenvalue weighted by atomic mass is 16.2. The third-order valence-electron chi connectivity index (χ3n) is 3.49.